The quantitative estimate of drug-likeness (QED) is 0.797. The molecule has 1 aromatic heterocycles. The Morgan fingerprint density at radius 1 is 1.79 bits per heavy atom. The van der Waals surface area contributed by atoms with Crippen molar-refractivity contribution in [1.29, 1.82) is 0 Å². The van der Waals surface area contributed by atoms with Gasteiger partial charge in [0.25, 0.3) is 5.91 Å². The fraction of sp³-hybridized carbons (Fsp3) is 0.333. The van der Waals surface area contributed by atoms with Gasteiger partial charge >= 0.3 is 0 Å². The van der Waals surface area contributed by atoms with Crippen LogP contribution in [0.5, 0.6) is 0 Å². The number of nitrogens with one attached hydrogen (secondary N) is 1. The first-order valence-corrected chi connectivity index (χ1v) is 4.88. The van der Waals surface area contributed by atoms with Crippen molar-refractivity contribution >= 4 is 21.8 Å². The van der Waals surface area contributed by atoms with Crippen molar-refractivity contribution in [2.75, 3.05) is 6.54 Å². The fourth-order valence-corrected chi connectivity index (χ4v) is 1.19. The van der Waals surface area contributed by atoms with Gasteiger partial charge in [-0.15, -0.1) is 0 Å². The van der Waals surface area contributed by atoms with Crippen LogP contribution >= 0.6 is 15.9 Å². The van der Waals surface area contributed by atoms with E-state index in [1.165, 1.54) is 0 Å². The number of aromatic nitrogens is 2. The molecule has 0 saturated heterocycles. The van der Waals surface area contributed by atoms with E-state index in [-0.39, 0.29) is 5.91 Å². The maximum Gasteiger partial charge on any atom is 0.296 e. The molecule has 14 heavy (non-hydrogen) atoms. The summed E-state index contributed by atoms with van der Waals surface area (Å²) < 4.78 is 1.73. The maximum absolute atomic E-state index is 10.9. The Bertz CT molecular complexity index is 375. The molecule has 4 nitrogen and oxygen atoms in total. The topological polar surface area (TPSA) is 46.9 Å². The van der Waals surface area contributed by atoms with Crippen molar-refractivity contribution < 1.29 is 4.79 Å². The molecule has 0 aliphatic carbocycles. The lowest BCUT2D eigenvalue weighted by Crippen LogP contribution is -2.23. The van der Waals surface area contributed by atoms with Gasteiger partial charge in [0.1, 0.15) is 0 Å². The molecule has 0 radical (unpaired) electrons. The zero-order valence-corrected chi connectivity index (χ0v) is 9.34. The van der Waals surface area contributed by atoms with Gasteiger partial charge in [0.05, 0.1) is 6.20 Å². The minimum Gasteiger partial charge on any atom is -0.345 e. The lowest BCUT2D eigenvalue weighted by Gasteiger charge is -1.97. The lowest BCUT2D eigenvalue weighted by atomic mass is 10.2. The molecule has 0 spiro atoms. The number of aryl methyl sites for hydroxylation is 1. The second kappa shape index (κ2) is 5.45. The van der Waals surface area contributed by atoms with E-state index in [1.54, 1.807) is 10.9 Å². The summed E-state index contributed by atoms with van der Waals surface area (Å²) in [5, 5.41) is 6.68. The first kappa shape index (κ1) is 10.8. The van der Waals surface area contributed by atoms with E-state index in [9.17, 15) is 4.79 Å². The van der Waals surface area contributed by atoms with E-state index in [1.807, 2.05) is 13.2 Å². The Hall–Kier alpha value is -1.28. The van der Waals surface area contributed by atoms with E-state index < -0.39 is 0 Å². The van der Waals surface area contributed by atoms with Crippen LogP contribution in [0.4, 0.5) is 0 Å². The molecule has 1 rings (SSSR count). The highest BCUT2D eigenvalue weighted by molar-refractivity contribution is 9.12. The van der Waals surface area contributed by atoms with E-state index >= 15 is 0 Å². The van der Waals surface area contributed by atoms with Crippen LogP contribution in [0.25, 0.3) is 0 Å². The minimum atomic E-state index is -0.272. The van der Waals surface area contributed by atoms with E-state index in [4.69, 9.17) is 0 Å². The summed E-state index contributed by atoms with van der Waals surface area (Å²) in [5.74, 6) is 2.06. The lowest BCUT2D eigenvalue weighted by molar-refractivity contribution is -0.115. The maximum atomic E-state index is 10.9. The molecule has 0 aromatic carbocycles. The SMILES string of the molecule is Cn1cc(CCNC(=O)C#CBr)cn1. The molecule has 0 fully saturated rings. The first-order valence-electron chi connectivity index (χ1n) is 4.09. The Labute approximate surface area is 90.8 Å². The van der Waals surface area contributed by atoms with Crippen LogP contribution < -0.4 is 5.32 Å². The Balaban J connectivity index is 2.27. The molecule has 1 amide bonds. The summed E-state index contributed by atoms with van der Waals surface area (Å²) in [4.78, 5) is 13.3. The summed E-state index contributed by atoms with van der Waals surface area (Å²) in [5.41, 5.74) is 1.10. The van der Waals surface area contributed by atoms with Gasteiger partial charge in [0.2, 0.25) is 0 Å². The number of carbonyl (C=O) groups excluding carboxylic acids is 1. The van der Waals surface area contributed by atoms with Gasteiger partial charge in [-0.05, 0) is 16.8 Å². The summed E-state index contributed by atoms with van der Waals surface area (Å²) in [6, 6.07) is 0. The molecule has 0 atom stereocenters. The molecule has 1 N–H and O–H groups in total. The predicted octanol–water partition coefficient (Wildman–Crippen LogP) is 0.435. The van der Waals surface area contributed by atoms with Gasteiger partial charge in [-0.3, -0.25) is 9.48 Å². The number of nitrogens with zero attached hydrogens (tertiary/aromatic N) is 2. The van der Waals surface area contributed by atoms with E-state index in [2.05, 4.69) is 37.1 Å². The predicted molar refractivity (Wildman–Crippen MR) is 56.6 cm³/mol. The van der Waals surface area contributed by atoms with Crippen LogP contribution in [0.1, 0.15) is 5.56 Å². The fourth-order valence-electron chi connectivity index (χ4n) is 1.01. The molecule has 1 heterocycles. The second-order valence-corrected chi connectivity index (χ2v) is 3.14. The van der Waals surface area contributed by atoms with Gasteiger partial charge in [-0.2, -0.15) is 5.10 Å². The van der Waals surface area contributed by atoms with Crippen molar-refractivity contribution in [2.45, 2.75) is 6.42 Å². The van der Waals surface area contributed by atoms with Gasteiger partial charge in [0, 0.05) is 41.6 Å². The van der Waals surface area contributed by atoms with Gasteiger partial charge in [-0.1, -0.05) is 0 Å². The Morgan fingerprint density at radius 2 is 2.57 bits per heavy atom. The monoisotopic (exact) mass is 255 g/mol. The van der Waals surface area contributed by atoms with Gasteiger partial charge < -0.3 is 5.32 Å². The second-order valence-electron chi connectivity index (χ2n) is 2.75. The van der Waals surface area contributed by atoms with Crippen molar-refractivity contribution in [1.82, 2.24) is 15.1 Å². The smallest absolute Gasteiger partial charge is 0.296 e. The highest BCUT2D eigenvalue weighted by Gasteiger charge is 1.97. The molecule has 0 aliphatic heterocycles. The van der Waals surface area contributed by atoms with Crippen LogP contribution in [0.15, 0.2) is 12.4 Å². The van der Waals surface area contributed by atoms with Crippen LogP contribution in [-0.4, -0.2) is 22.2 Å². The molecule has 74 valence electrons. The van der Waals surface area contributed by atoms with Crippen molar-refractivity contribution in [3.8, 4) is 10.8 Å². The van der Waals surface area contributed by atoms with Crippen LogP contribution in [0.3, 0.4) is 0 Å². The van der Waals surface area contributed by atoms with Gasteiger partial charge in [-0.25, -0.2) is 0 Å². The number of amides is 1. The third kappa shape index (κ3) is 3.62. The number of carbonyl (C=O) groups is 1. The third-order valence-electron chi connectivity index (χ3n) is 1.62. The molecule has 5 heteroatoms. The Kier molecular flexibility index (Phi) is 4.20. The largest absolute Gasteiger partial charge is 0.345 e. The standard InChI is InChI=1S/C9H10BrN3O/c1-13-7-8(6-12-13)3-5-11-9(14)2-4-10/h6-7H,3,5H2,1H3,(H,11,14). The highest BCUT2D eigenvalue weighted by Crippen LogP contribution is 1.95. The molecule has 0 saturated carbocycles. The summed E-state index contributed by atoms with van der Waals surface area (Å²) in [7, 11) is 1.86. The van der Waals surface area contributed by atoms with Crippen molar-refractivity contribution in [3.05, 3.63) is 18.0 Å². The number of halogens is 1. The molecular weight excluding hydrogens is 246 g/mol. The molecular formula is C9H10BrN3O. The summed E-state index contributed by atoms with van der Waals surface area (Å²) in [6.07, 6.45) is 4.47. The first-order chi connectivity index (χ1) is 6.72. The number of hydrogen-bond donors (Lipinski definition) is 1. The van der Waals surface area contributed by atoms with Crippen LogP contribution in [-0.2, 0) is 18.3 Å². The third-order valence-corrected chi connectivity index (χ3v) is 1.82. The van der Waals surface area contributed by atoms with Crippen LogP contribution in [0.2, 0.25) is 0 Å². The zero-order valence-electron chi connectivity index (χ0n) is 7.75. The number of hydrogen-bond acceptors (Lipinski definition) is 2. The zero-order chi connectivity index (χ0) is 10.4. The minimum absolute atomic E-state index is 0.272. The van der Waals surface area contributed by atoms with Crippen LogP contribution in [0, 0.1) is 10.8 Å². The van der Waals surface area contributed by atoms with Crippen molar-refractivity contribution in [3.63, 3.8) is 0 Å². The average Bonchev–Trinajstić information content (AvgIpc) is 2.52. The number of rotatable bonds is 3. The average molecular weight is 256 g/mol. The van der Waals surface area contributed by atoms with E-state index in [0.29, 0.717) is 6.54 Å². The molecule has 0 aliphatic rings. The molecule has 0 bridgehead atoms. The highest BCUT2D eigenvalue weighted by atomic mass is 79.9. The summed E-state index contributed by atoms with van der Waals surface area (Å²) in [6.45, 7) is 0.576. The Morgan fingerprint density at radius 3 is 3.14 bits per heavy atom. The van der Waals surface area contributed by atoms with E-state index in [0.717, 1.165) is 12.0 Å². The summed E-state index contributed by atoms with van der Waals surface area (Å²) >= 11 is 2.85. The van der Waals surface area contributed by atoms with Gasteiger partial charge in [0.15, 0.2) is 0 Å². The molecule has 0 unspecified atom stereocenters. The normalized spacial score (nSPS) is 9.00. The molecule has 1 aromatic rings. The van der Waals surface area contributed by atoms with Crippen molar-refractivity contribution in [2.24, 2.45) is 7.05 Å².